The zero-order chi connectivity index (χ0) is 15.1. The molecule has 0 unspecified atom stereocenters. The zero-order valence-electron chi connectivity index (χ0n) is 12.1. The molecule has 0 atom stereocenters. The molecule has 1 aromatic rings. The molecule has 1 aliphatic heterocycles. The summed E-state index contributed by atoms with van der Waals surface area (Å²) in [5.74, 6) is -0.750. The summed E-state index contributed by atoms with van der Waals surface area (Å²) < 4.78 is 0. The number of likely N-dealkylation sites (tertiary alicyclic amines) is 1. The van der Waals surface area contributed by atoms with Crippen LogP contribution in [0.5, 0.6) is 0 Å². The molecule has 1 saturated heterocycles. The minimum atomic E-state index is -0.736. The number of benzene rings is 1. The molecule has 0 saturated carbocycles. The van der Waals surface area contributed by atoms with Gasteiger partial charge < -0.3 is 15.3 Å². The topological polar surface area (TPSA) is 69.6 Å². The van der Waals surface area contributed by atoms with Gasteiger partial charge in [0, 0.05) is 31.1 Å². The standard InChI is InChI=1S/C16H22N2O3/c19-15(20)7-4-10-18-11-8-14(9-12-18)17-16(21)13-5-2-1-3-6-13/h1-3,5-6,14H,4,7-12H2,(H,17,21)(H,19,20). The second-order valence-electron chi connectivity index (χ2n) is 5.45. The summed E-state index contributed by atoms with van der Waals surface area (Å²) in [5.41, 5.74) is 0.696. The summed E-state index contributed by atoms with van der Waals surface area (Å²) >= 11 is 0. The number of rotatable bonds is 6. The molecular weight excluding hydrogens is 268 g/mol. The highest BCUT2D eigenvalue weighted by molar-refractivity contribution is 5.94. The number of aliphatic carboxylic acids is 1. The third kappa shape index (κ3) is 5.19. The lowest BCUT2D eigenvalue weighted by atomic mass is 10.0. The molecule has 0 aromatic heterocycles. The van der Waals surface area contributed by atoms with Crippen molar-refractivity contribution in [3.05, 3.63) is 35.9 Å². The zero-order valence-corrected chi connectivity index (χ0v) is 12.1. The van der Waals surface area contributed by atoms with Gasteiger partial charge in [-0.2, -0.15) is 0 Å². The van der Waals surface area contributed by atoms with Crippen LogP contribution in [0.25, 0.3) is 0 Å². The molecule has 114 valence electrons. The van der Waals surface area contributed by atoms with E-state index < -0.39 is 5.97 Å². The first-order valence-electron chi connectivity index (χ1n) is 7.45. The van der Waals surface area contributed by atoms with Crippen LogP contribution >= 0.6 is 0 Å². The first-order chi connectivity index (χ1) is 10.1. The van der Waals surface area contributed by atoms with E-state index in [1.807, 2.05) is 30.3 Å². The molecule has 1 fully saturated rings. The summed E-state index contributed by atoms with van der Waals surface area (Å²) in [4.78, 5) is 24.8. The van der Waals surface area contributed by atoms with Gasteiger partial charge in [-0.25, -0.2) is 0 Å². The Labute approximate surface area is 125 Å². The van der Waals surface area contributed by atoms with E-state index in [2.05, 4.69) is 10.2 Å². The molecule has 0 spiro atoms. The molecule has 0 bridgehead atoms. The van der Waals surface area contributed by atoms with Gasteiger partial charge in [0.15, 0.2) is 0 Å². The summed E-state index contributed by atoms with van der Waals surface area (Å²) in [6, 6.07) is 9.47. The van der Waals surface area contributed by atoms with Crippen molar-refractivity contribution in [2.24, 2.45) is 0 Å². The summed E-state index contributed by atoms with van der Waals surface area (Å²) in [7, 11) is 0. The second-order valence-corrected chi connectivity index (χ2v) is 5.45. The molecule has 2 rings (SSSR count). The fraction of sp³-hybridized carbons (Fsp3) is 0.500. The number of piperidine rings is 1. The van der Waals surface area contributed by atoms with E-state index in [4.69, 9.17) is 5.11 Å². The van der Waals surface area contributed by atoms with Crippen LogP contribution in [-0.2, 0) is 4.79 Å². The lowest BCUT2D eigenvalue weighted by Gasteiger charge is -2.32. The van der Waals surface area contributed by atoms with Crippen LogP contribution in [0, 0.1) is 0 Å². The molecule has 5 nitrogen and oxygen atoms in total. The third-order valence-electron chi connectivity index (χ3n) is 3.82. The van der Waals surface area contributed by atoms with Crippen molar-refractivity contribution < 1.29 is 14.7 Å². The van der Waals surface area contributed by atoms with Crippen LogP contribution in [0.3, 0.4) is 0 Å². The normalized spacial score (nSPS) is 16.6. The van der Waals surface area contributed by atoms with Crippen molar-refractivity contribution in [1.29, 1.82) is 0 Å². The minimum Gasteiger partial charge on any atom is -0.481 e. The summed E-state index contributed by atoms with van der Waals surface area (Å²) in [6.07, 6.45) is 2.76. The van der Waals surface area contributed by atoms with Gasteiger partial charge in [-0.05, 0) is 37.9 Å². The minimum absolute atomic E-state index is 0.0140. The number of nitrogens with zero attached hydrogens (tertiary/aromatic N) is 1. The van der Waals surface area contributed by atoms with Gasteiger partial charge in [0.25, 0.3) is 5.91 Å². The van der Waals surface area contributed by atoms with Crippen molar-refractivity contribution >= 4 is 11.9 Å². The highest BCUT2D eigenvalue weighted by atomic mass is 16.4. The lowest BCUT2D eigenvalue weighted by molar-refractivity contribution is -0.137. The molecule has 1 amide bonds. The highest BCUT2D eigenvalue weighted by Gasteiger charge is 2.20. The van der Waals surface area contributed by atoms with E-state index in [-0.39, 0.29) is 18.4 Å². The van der Waals surface area contributed by atoms with Gasteiger partial charge in [0.2, 0.25) is 0 Å². The van der Waals surface area contributed by atoms with Crippen molar-refractivity contribution in [2.45, 2.75) is 31.7 Å². The Hall–Kier alpha value is -1.88. The van der Waals surface area contributed by atoms with Crippen molar-refractivity contribution in [1.82, 2.24) is 10.2 Å². The van der Waals surface area contributed by atoms with Crippen LogP contribution in [-0.4, -0.2) is 47.6 Å². The van der Waals surface area contributed by atoms with Gasteiger partial charge in [-0.1, -0.05) is 18.2 Å². The highest BCUT2D eigenvalue weighted by Crippen LogP contribution is 2.12. The molecule has 1 aromatic carbocycles. The number of carbonyl (C=O) groups excluding carboxylic acids is 1. The lowest BCUT2D eigenvalue weighted by Crippen LogP contribution is -2.44. The number of hydrogen-bond donors (Lipinski definition) is 2. The molecule has 21 heavy (non-hydrogen) atoms. The summed E-state index contributed by atoms with van der Waals surface area (Å²) in [5, 5.41) is 11.7. The Morgan fingerprint density at radius 3 is 2.48 bits per heavy atom. The van der Waals surface area contributed by atoms with E-state index in [0.717, 1.165) is 32.5 Å². The predicted molar refractivity (Wildman–Crippen MR) is 80.2 cm³/mol. The van der Waals surface area contributed by atoms with Gasteiger partial charge in [-0.3, -0.25) is 9.59 Å². The maximum atomic E-state index is 12.1. The maximum absolute atomic E-state index is 12.1. The van der Waals surface area contributed by atoms with Gasteiger partial charge >= 0.3 is 5.97 Å². The van der Waals surface area contributed by atoms with Gasteiger partial charge in [-0.15, -0.1) is 0 Å². The van der Waals surface area contributed by atoms with Crippen molar-refractivity contribution in [3.63, 3.8) is 0 Å². The number of hydrogen-bond acceptors (Lipinski definition) is 3. The van der Waals surface area contributed by atoms with Crippen LogP contribution in [0.2, 0.25) is 0 Å². The average molecular weight is 290 g/mol. The molecule has 2 N–H and O–H groups in total. The fourth-order valence-electron chi connectivity index (χ4n) is 2.61. The van der Waals surface area contributed by atoms with Crippen LogP contribution in [0.1, 0.15) is 36.0 Å². The maximum Gasteiger partial charge on any atom is 0.303 e. The predicted octanol–water partition coefficient (Wildman–Crippen LogP) is 1.75. The summed E-state index contributed by atoms with van der Waals surface area (Å²) in [6.45, 7) is 2.66. The third-order valence-corrected chi connectivity index (χ3v) is 3.82. The number of nitrogens with one attached hydrogen (secondary N) is 1. The largest absolute Gasteiger partial charge is 0.481 e. The van der Waals surface area contributed by atoms with Crippen LogP contribution in [0.15, 0.2) is 30.3 Å². The number of amides is 1. The van der Waals surface area contributed by atoms with Crippen LogP contribution < -0.4 is 5.32 Å². The number of carboxylic acid groups (broad SMARTS) is 1. The monoisotopic (exact) mass is 290 g/mol. The van der Waals surface area contributed by atoms with E-state index in [9.17, 15) is 9.59 Å². The van der Waals surface area contributed by atoms with Crippen molar-refractivity contribution in [2.75, 3.05) is 19.6 Å². The first-order valence-corrected chi connectivity index (χ1v) is 7.45. The molecule has 0 aliphatic carbocycles. The SMILES string of the molecule is O=C(O)CCCN1CCC(NC(=O)c2ccccc2)CC1. The van der Waals surface area contributed by atoms with E-state index in [1.165, 1.54) is 0 Å². The average Bonchev–Trinajstić information content (AvgIpc) is 2.49. The Balaban J connectivity index is 1.69. The Morgan fingerprint density at radius 1 is 1.19 bits per heavy atom. The Bertz CT molecular complexity index is 468. The number of carboxylic acids is 1. The number of carbonyl (C=O) groups is 2. The van der Waals surface area contributed by atoms with Crippen molar-refractivity contribution in [3.8, 4) is 0 Å². The fourth-order valence-corrected chi connectivity index (χ4v) is 2.61. The molecular formula is C16H22N2O3. The quantitative estimate of drug-likeness (QED) is 0.837. The van der Waals surface area contributed by atoms with Crippen LogP contribution in [0.4, 0.5) is 0 Å². The molecule has 1 heterocycles. The van der Waals surface area contributed by atoms with E-state index in [1.54, 1.807) is 0 Å². The van der Waals surface area contributed by atoms with Gasteiger partial charge in [0.05, 0.1) is 0 Å². The Kier molecular flexibility index (Phi) is 5.75. The molecule has 1 aliphatic rings. The first kappa shape index (κ1) is 15.5. The smallest absolute Gasteiger partial charge is 0.303 e. The molecule has 0 radical (unpaired) electrons. The second kappa shape index (κ2) is 7.78. The molecule has 5 heteroatoms. The van der Waals surface area contributed by atoms with Gasteiger partial charge in [0.1, 0.15) is 0 Å². The van der Waals surface area contributed by atoms with E-state index in [0.29, 0.717) is 12.0 Å². The van der Waals surface area contributed by atoms with E-state index >= 15 is 0 Å². The Morgan fingerprint density at radius 2 is 1.86 bits per heavy atom.